The van der Waals surface area contributed by atoms with Gasteiger partial charge in [0, 0.05) is 13.7 Å². The van der Waals surface area contributed by atoms with E-state index in [9.17, 15) is 0 Å². The number of methoxy groups -OCH3 is 1. The summed E-state index contributed by atoms with van der Waals surface area (Å²) in [7, 11) is 1.76. The van der Waals surface area contributed by atoms with E-state index >= 15 is 0 Å². The van der Waals surface area contributed by atoms with Crippen molar-refractivity contribution in [1.29, 1.82) is 0 Å². The number of hydrogen-bond donors (Lipinski definition) is 2. The minimum absolute atomic E-state index is 0.623. The number of aromatic nitrogens is 2. The molecule has 3 rings (SSSR count). The average molecular weight is 293 g/mol. The molecule has 0 radical (unpaired) electrons. The summed E-state index contributed by atoms with van der Waals surface area (Å²) in [5.41, 5.74) is 2.67. The normalized spacial score (nSPS) is 19.8. The summed E-state index contributed by atoms with van der Waals surface area (Å²) in [6.45, 7) is 3.72. The van der Waals surface area contributed by atoms with Crippen LogP contribution in [0.5, 0.6) is 0 Å². The number of nitrogens with two attached hydrogens (primary N) is 1. The van der Waals surface area contributed by atoms with Crippen molar-refractivity contribution in [2.24, 2.45) is 11.8 Å². The van der Waals surface area contributed by atoms with Gasteiger partial charge in [-0.1, -0.05) is 0 Å². The lowest BCUT2D eigenvalue weighted by molar-refractivity contribution is 0.152. The second-order valence-electron chi connectivity index (χ2n) is 5.12. The summed E-state index contributed by atoms with van der Waals surface area (Å²) in [6, 6.07) is 1.99. The number of ether oxygens (including phenoxy) is 1. The van der Waals surface area contributed by atoms with E-state index in [1.54, 1.807) is 18.4 Å². The Morgan fingerprint density at radius 2 is 2.45 bits per heavy atom. The van der Waals surface area contributed by atoms with Crippen LogP contribution in [0.4, 0.5) is 5.82 Å². The molecule has 1 unspecified atom stereocenters. The number of hydrogen-bond acceptors (Lipinski definition) is 7. The largest absolute Gasteiger partial charge is 0.384 e. The van der Waals surface area contributed by atoms with Crippen molar-refractivity contribution in [3.63, 3.8) is 0 Å². The van der Waals surface area contributed by atoms with Crippen molar-refractivity contribution in [3.8, 4) is 0 Å². The minimum Gasteiger partial charge on any atom is -0.384 e. The SMILES string of the molecule is COCC1CCN(Cc2nc(NN)c3ccsc3n2)C1. The van der Waals surface area contributed by atoms with Crippen LogP contribution in [-0.2, 0) is 11.3 Å². The first-order chi connectivity index (χ1) is 9.80. The van der Waals surface area contributed by atoms with Gasteiger partial charge in [0.2, 0.25) is 0 Å². The zero-order chi connectivity index (χ0) is 13.9. The molecule has 0 aliphatic carbocycles. The summed E-state index contributed by atoms with van der Waals surface area (Å²) in [5, 5.41) is 2.99. The molecule has 1 fully saturated rings. The molecule has 0 spiro atoms. The molecule has 0 bridgehead atoms. The maximum Gasteiger partial charge on any atom is 0.152 e. The lowest BCUT2D eigenvalue weighted by Gasteiger charge is -2.15. The number of anilines is 1. The van der Waals surface area contributed by atoms with E-state index in [0.29, 0.717) is 11.7 Å². The topological polar surface area (TPSA) is 76.3 Å². The van der Waals surface area contributed by atoms with E-state index in [1.165, 1.54) is 6.42 Å². The van der Waals surface area contributed by atoms with Crippen molar-refractivity contribution in [1.82, 2.24) is 14.9 Å². The van der Waals surface area contributed by atoms with Gasteiger partial charge >= 0.3 is 0 Å². The maximum absolute atomic E-state index is 5.55. The molecule has 2 aromatic rings. The van der Waals surface area contributed by atoms with Gasteiger partial charge in [-0.25, -0.2) is 15.8 Å². The van der Waals surface area contributed by atoms with Crippen LogP contribution in [0.1, 0.15) is 12.2 Å². The smallest absolute Gasteiger partial charge is 0.152 e. The molecule has 1 aliphatic rings. The van der Waals surface area contributed by atoms with Crippen molar-refractivity contribution in [3.05, 3.63) is 17.3 Å². The number of nitrogens with zero attached hydrogens (tertiary/aromatic N) is 3. The van der Waals surface area contributed by atoms with E-state index in [0.717, 1.165) is 42.3 Å². The molecule has 20 heavy (non-hydrogen) atoms. The van der Waals surface area contributed by atoms with E-state index in [-0.39, 0.29) is 0 Å². The van der Waals surface area contributed by atoms with Crippen LogP contribution in [-0.4, -0.2) is 41.7 Å². The van der Waals surface area contributed by atoms with Crippen LogP contribution in [0.3, 0.4) is 0 Å². The Hall–Kier alpha value is -1.28. The van der Waals surface area contributed by atoms with Crippen molar-refractivity contribution in [2.75, 3.05) is 32.2 Å². The van der Waals surface area contributed by atoms with Gasteiger partial charge in [-0.05, 0) is 30.3 Å². The Bertz CT molecular complexity index is 587. The maximum atomic E-state index is 5.55. The molecule has 3 heterocycles. The molecule has 108 valence electrons. The Morgan fingerprint density at radius 1 is 1.55 bits per heavy atom. The van der Waals surface area contributed by atoms with E-state index < -0.39 is 0 Å². The predicted molar refractivity (Wildman–Crippen MR) is 80.5 cm³/mol. The number of nitrogen functional groups attached to an aromatic ring is 1. The number of rotatable bonds is 5. The molecule has 0 aromatic carbocycles. The first-order valence-corrected chi connectivity index (χ1v) is 7.60. The summed E-state index contributed by atoms with van der Waals surface area (Å²) in [6.07, 6.45) is 1.18. The first-order valence-electron chi connectivity index (χ1n) is 6.72. The third-order valence-electron chi connectivity index (χ3n) is 3.65. The second-order valence-corrected chi connectivity index (χ2v) is 6.01. The average Bonchev–Trinajstić information content (AvgIpc) is 3.07. The Kier molecular flexibility index (Phi) is 4.11. The summed E-state index contributed by atoms with van der Waals surface area (Å²) in [4.78, 5) is 12.5. The zero-order valence-corrected chi connectivity index (χ0v) is 12.3. The number of thiophene rings is 1. The molecule has 1 atom stereocenters. The molecular formula is C13H19N5OS. The van der Waals surface area contributed by atoms with Gasteiger partial charge < -0.3 is 10.2 Å². The molecule has 0 amide bonds. The standard InChI is InChI=1S/C13H19N5OS/c1-19-8-9-2-4-18(6-9)7-11-15-12(17-14)10-3-5-20-13(10)16-11/h3,5,9H,2,4,6-8,14H2,1H3,(H,15,16,17). The third-order valence-corrected chi connectivity index (χ3v) is 4.45. The lowest BCUT2D eigenvalue weighted by Crippen LogP contribution is -2.23. The quantitative estimate of drug-likeness (QED) is 0.642. The highest BCUT2D eigenvalue weighted by Gasteiger charge is 2.23. The molecule has 0 saturated carbocycles. The second kappa shape index (κ2) is 6.01. The van der Waals surface area contributed by atoms with Gasteiger partial charge in [0.15, 0.2) is 5.82 Å². The van der Waals surface area contributed by atoms with Crippen LogP contribution >= 0.6 is 11.3 Å². The zero-order valence-electron chi connectivity index (χ0n) is 11.5. The van der Waals surface area contributed by atoms with E-state index in [4.69, 9.17) is 10.6 Å². The summed E-state index contributed by atoms with van der Waals surface area (Å²) >= 11 is 1.61. The molecule has 7 heteroatoms. The minimum atomic E-state index is 0.623. The van der Waals surface area contributed by atoms with Crippen LogP contribution in [0.2, 0.25) is 0 Å². The highest BCUT2D eigenvalue weighted by atomic mass is 32.1. The van der Waals surface area contributed by atoms with Crippen LogP contribution in [0, 0.1) is 5.92 Å². The molecule has 6 nitrogen and oxygen atoms in total. The number of fused-ring (bicyclic) bond motifs is 1. The Balaban J connectivity index is 1.74. The van der Waals surface area contributed by atoms with Gasteiger partial charge in [-0.15, -0.1) is 11.3 Å². The first kappa shape index (κ1) is 13.7. The number of likely N-dealkylation sites (tertiary alicyclic amines) is 1. The summed E-state index contributed by atoms with van der Waals surface area (Å²) in [5.74, 6) is 7.70. The van der Waals surface area contributed by atoms with Gasteiger partial charge in [-0.2, -0.15) is 0 Å². The number of hydrazine groups is 1. The fourth-order valence-corrected chi connectivity index (χ4v) is 3.49. The highest BCUT2D eigenvalue weighted by molar-refractivity contribution is 7.16. The molecule has 3 N–H and O–H groups in total. The van der Waals surface area contributed by atoms with Gasteiger partial charge in [0.25, 0.3) is 0 Å². The van der Waals surface area contributed by atoms with Gasteiger partial charge in [0.1, 0.15) is 10.7 Å². The van der Waals surface area contributed by atoms with Crippen LogP contribution in [0.25, 0.3) is 10.2 Å². The van der Waals surface area contributed by atoms with E-state index in [2.05, 4.69) is 20.3 Å². The van der Waals surface area contributed by atoms with Gasteiger partial charge in [-0.3, -0.25) is 4.90 Å². The Labute approximate surface area is 121 Å². The van der Waals surface area contributed by atoms with Crippen molar-refractivity contribution >= 4 is 27.4 Å². The Morgan fingerprint density at radius 3 is 3.25 bits per heavy atom. The fourth-order valence-electron chi connectivity index (χ4n) is 2.71. The monoisotopic (exact) mass is 293 g/mol. The van der Waals surface area contributed by atoms with Gasteiger partial charge in [0.05, 0.1) is 18.5 Å². The highest BCUT2D eigenvalue weighted by Crippen LogP contribution is 2.25. The van der Waals surface area contributed by atoms with Crippen molar-refractivity contribution < 1.29 is 4.74 Å². The molecule has 1 aliphatic heterocycles. The lowest BCUT2D eigenvalue weighted by atomic mass is 10.1. The molecule has 2 aromatic heterocycles. The molecule has 1 saturated heterocycles. The van der Waals surface area contributed by atoms with Crippen LogP contribution in [0.15, 0.2) is 11.4 Å². The molecular weight excluding hydrogens is 274 g/mol. The van der Waals surface area contributed by atoms with E-state index in [1.807, 2.05) is 11.4 Å². The van der Waals surface area contributed by atoms with Crippen molar-refractivity contribution in [2.45, 2.75) is 13.0 Å². The predicted octanol–water partition coefficient (Wildman–Crippen LogP) is 1.45. The summed E-state index contributed by atoms with van der Waals surface area (Å²) < 4.78 is 5.23. The third kappa shape index (κ3) is 2.76. The number of nitrogens with one attached hydrogen (secondary N) is 1. The van der Waals surface area contributed by atoms with Crippen LogP contribution < -0.4 is 11.3 Å². The fraction of sp³-hybridized carbons (Fsp3) is 0.538.